The monoisotopic (exact) mass is 760 g/mol. The first-order chi connectivity index (χ1) is 27.3. The van der Waals surface area contributed by atoms with Crippen LogP contribution in [0.2, 0.25) is 0 Å². The number of hydrogen-bond acceptors (Lipinski definition) is 7. The number of pyridine rings is 1. The molecule has 0 spiro atoms. The molecule has 11 nitrogen and oxygen atoms in total. The molecule has 0 aliphatic carbocycles. The van der Waals surface area contributed by atoms with E-state index in [0.29, 0.717) is 18.7 Å². The molecule has 0 saturated carbocycles. The van der Waals surface area contributed by atoms with E-state index in [9.17, 15) is 19.2 Å². The Morgan fingerprint density at radius 1 is 0.804 bits per heavy atom. The van der Waals surface area contributed by atoms with E-state index in [1.165, 1.54) is 44.9 Å². The molecular formula is C45H56N6O5. The molecule has 2 fully saturated rings. The highest BCUT2D eigenvalue weighted by Crippen LogP contribution is 2.30. The second-order valence-corrected chi connectivity index (χ2v) is 15.1. The van der Waals surface area contributed by atoms with Gasteiger partial charge in [-0.2, -0.15) is 0 Å². The van der Waals surface area contributed by atoms with Gasteiger partial charge in [-0.25, -0.2) is 14.8 Å². The van der Waals surface area contributed by atoms with Crippen LogP contribution >= 0.6 is 0 Å². The van der Waals surface area contributed by atoms with Gasteiger partial charge >= 0.3 is 12.0 Å². The van der Waals surface area contributed by atoms with Crippen molar-refractivity contribution >= 4 is 34.7 Å². The smallest absolute Gasteiger partial charge is 0.334 e. The molecule has 56 heavy (non-hydrogen) atoms. The lowest BCUT2D eigenvalue weighted by molar-refractivity contribution is -0.187. The maximum Gasteiger partial charge on any atom is 0.334 e. The number of hydrogen-bond donors (Lipinski definition) is 1. The quantitative estimate of drug-likeness (QED) is 0.0630. The van der Waals surface area contributed by atoms with Crippen molar-refractivity contribution in [3.63, 3.8) is 0 Å². The van der Waals surface area contributed by atoms with E-state index in [1.807, 2.05) is 72.8 Å². The lowest BCUT2D eigenvalue weighted by atomic mass is 9.98. The minimum Gasteiger partial charge on any atom is -0.427 e. The number of carbonyl (C=O) groups is 4. The molecule has 2 saturated heterocycles. The Bertz CT molecular complexity index is 1920. The Morgan fingerprint density at radius 3 is 2.23 bits per heavy atom. The van der Waals surface area contributed by atoms with E-state index < -0.39 is 12.2 Å². The summed E-state index contributed by atoms with van der Waals surface area (Å²) in [7, 11) is 1.72. The van der Waals surface area contributed by atoms with Crippen LogP contribution in [0.25, 0.3) is 10.9 Å². The molecule has 3 heterocycles. The number of hydrazine groups is 1. The lowest BCUT2D eigenvalue weighted by Crippen LogP contribution is -2.76. The van der Waals surface area contributed by atoms with Crippen molar-refractivity contribution in [2.24, 2.45) is 0 Å². The number of ether oxygens (including phenoxy) is 1. The average Bonchev–Trinajstić information content (AvgIpc) is 3.20. The van der Waals surface area contributed by atoms with Gasteiger partial charge in [-0.3, -0.25) is 19.4 Å². The molecule has 4 amide bonds. The van der Waals surface area contributed by atoms with Gasteiger partial charge in [0.2, 0.25) is 11.8 Å². The Labute approximate surface area is 331 Å². The fraction of sp³-hybridized carbons (Fsp3) is 0.444. The Balaban J connectivity index is 1.13. The number of carbonyl (C=O) groups excluding carboxylic acids is 4. The summed E-state index contributed by atoms with van der Waals surface area (Å²) in [5, 5.41) is 7.18. The van der Waals surface area contributed by atoms with Crippen LogP contribution in [0.4, 0.5) is 4.79 Å². The Hall–Kier alpha value is -5.29. The second kappa shape index (κ2) is 20.0. The van der Waals surface area contributed by atoms with Crippen LogP contribution in [0.15, 0.2) is 91.1 Å². The molecule has 0 radical (unpaired) electrons. The maximum atomic E-state index is 14.5. The molecule has 0 bridgehead atoms. The number of piperazine rings is 1. The first-order valence-corrected chi connectivity index (χ1v) is 20.4. The summed E-state index contributed by atoms with van der Waals surface area (Å²) in [6.07, 6.45) is 13.6. The molecule has 6 rings (SSSR count). The molecule has 2 aliphatic rings. The van der Waals surface area contributed by atoms with E-state index in [2.05, 4.69) is 17.2 Å². The van der Waals surface area contributed by atoms with Gasteiger partial charge in [0.15, 0.2) is 0 Å². The van der Waals surface area contributed by atoms with Crippen LogP contribution in [-0.2, 0) is 33.9 Å². The molecule has 1 aromatic heterocycles. The normalized spacial score (nSPS) is 17.3. The van der Waals surface area contributed by atoms with Crippen molar-refractivity contribution in [1.82, 2.24) is 30.1 Å². The number of rotatable bonds is 18. The van der Waals surface area contributed by atoms with Crippen molar-refractivity contribution in [2.45, 2.75) is 109 Å². The van der Waals surface area contributed by atoms with Gasteiger partial charge in [-0.05, 0) is 41.3 Å². The minimum absolute atomic E-state index is 0.0553. The summed E-state index contributed by atoms with van der Waals surface area (Å²) in [5.74, 6) is -0.244. The summed E-state index contributed by atoms with van der Waals surface area (Å²) in [6, 6.07) is 25.3. The van der Waals surface area contributed by atoms with Crippen molar-refractivity contribution in [1.29, 1.82) is 0 Å². The van der Waals surface area contributed by atoms with Gasteiger partial charge in [0.1, 0.15) is 18.0 Å². The number of urea groups is 1. The van der Waals surface area contributed by atoms with Gasteiger partial charge in [0.05, 0.1) is 18.6 Å². The predicted molar refractivity (Wildman–Crippen MR) is 217 cm³/mol. The topological polar surface area (TPSA) is 115 Å². The number of unbranched alkanes of at least 4 members (excludes halogenated alkanes) is 9. The van der Waals surface area contributed by atoms with E-state index >= 15 is 0 Å². The van der Waals surface area contributed by atoms with Gasteiger partial charge in [-0.1, -0.05) is 131 Å². The van der Waals surface area contributed by atoms with E-state index in [4.69, 9.17) is 4.74 Å². The van der Waals surface area contributed by atoms with Crippen LogP contribution < -0.4 is 10.1 Å². The lowest BCUT2D eigenvalue weighted by Gasteiger charge is -2.54. The molecule has 11 heteroatoms. The number of nitrogens with one attached hydrogen (secondary N) is 1. The third kappa shape index (κ3) is 10.5. The Morgan fingerprint density at radius 2 is 1.50 bits per heavy atom. The van der Waals surface area contributed by atoms with Crippen molar-refractivity contribution in [3.05, 3.63) is 108 Å². The van der Waals surface area contributed by atoms with Crippen LogP contribution in [0.5, 0.6) is 5.75 Å². The number of amides is 4. The predicted octanol–water partition coefficient (Wildman–Crippen LogP) is 7.63. The highest BCUT2D eigenvalue weighted by molar-refractivity contribution is 5.92. The minimum atomic E-state index is -0.868. The van der Waals surface area contributed by atoms with Crippen molar-refractivity contribution in [2.75, 3.05) is 20.1 Å². The molecule has 296 valence electrons. The average molecular weight is 761 g/mol. The largest absolute Gasteiger partial charge is 0.427 e. The number of nitrogens with zero attached hydrogens (tertiary/aromatic N) is 5. The van der Waals surface area contributed by atoms with Crippen LogP contribution in [0, 0.1) is 0 Å². The Kier molecular flexibility index (Phi) is 14.5. The molecular weight excluding hydrogens is 705 g/mol. The highest BCUT2D eigenvalue weighted by Gasteiger charge is 2.50. The zero-order valence-electron chi connectivity index (χ0n) is 32.9. The number of esters is 1. The molecule has 3 aromatic carbocycles. The summed E-state index contributed by atoms with van der Waals surface area (Å²) in [5.41, 5.74) is 3.43. The SMILES string of the molecule is CCCCCCCCCCCCC(=O)Oc1ccc(C[C@H]2C(=O)N(Cc3cccc4cccnc34)CC3N2C(=O)CN(C)N3C(=O)NCc2ccccc2)cc1. The van der Waals surface area contributed by atoms with Crippen LogP contribution in [0.1, 0.15) is 94.2 Å². The molecule has 1 unspecified atom stereocenters. The zero-order valence-corrected chi connectivity index (χ0v) is 32.9. The number of benzene rings is 3. The van der Waals surface area contributed by atoms with Gasteiger partial charge in [0.25, 0.3) is 0 Å². The molecule has 2 atom stereocenters. The first kappa shape index (κ1) is 40.4. The van der Waals surface area contributed by atoms with Gasteiger partial charge in [0, 0.05) is 44.6 Å². The maximum absolute atomic E-state index is 14.5. The van der Waals surface area contributed by atoms with Crippen LogP contribution in [-0.4, -0.2) is 81.0 Å². The van der Waals surface area contributed by atoms with E-state index in [0.717, 1.165) is 46.9 Å². The van der Waals surface area contributed by atoms with Gasteiger partial charge in [-0.15, -0.1) is 0 Å². The number of likely N-dealkylation sites (N-methyl/N-ethyl adjacent to an activating group) is 1. The first-order valence-electron chi connectivity index (χ1n) is 20.4. The van der Waals surface area contributed by atoms with Crippen LogP contribution in [0.3, 0.4) is 0 Å². The number of fused-ring (bicyclic) bond motifs is 2. The molecule has 1 N–H and O–H groups in total. The highest BCUT2D eigenvalue weighted by atomic mass is 16.5. The summed E-state index contributed by atoms with van der Waals surface area (Å²) < 4.78 is 5.65. The zero-order chi connectivity index (χ0) is 39.3. The number of aromatic nitrogens is 1. The second-order valence-electron chi connectivity index (χ2n) is 15.1. The van der Waals surface area contributed by atoms with Crippen molar-refractivity contribution < 1.29 is 23.9 Å². The number of para-hydroxylation sites is 1. The summed E-state index contributed by atoms with van der Waals surface area (Å²) in [6.45, 7) is 2.88. The van der Waals surface area contributed by atoms with E-state index in [-0.39, 0.29) is 49.9 Å². The molecule has 2 aliphatic heterocycles. The third-order valence-electron chi connectivity index (χ3n) is 10.8. The fourth-order valence-electron chi connectivity index (χ4n) is 7.86. The standard InChI is InChI=1S/C45H56N6O5/c1-3-4-5-6-7-8-9-10-11-15-23-42(53)56-38-26-24-34(25-27-38)29-39-44(54)49(31-37-21-16-20-36-22-17-28-46-43(36)37)32-40-50(39)41(52)33-48(2)51(40)45(55)47-30-35-18-13-12-14-19-35/h12-14,16-22,24-28,39-40H,3-11,15,23,29-33H2,1-2H3,(H,47,55)/t39-,40?/m0/s1. The summed E-state index contributed by atoms with van der Waals surface area (Å²) >= 11 is 0. The van der Waals surface area contributed by atoms with E-state index in [1.54, 1.807) is 45.2 Å². The third-order valence-corrected chi connectivity index (χ3v) is 10.8. The fourth-order valence-corrected chi connectivity index (χ4v) is 7.86. The van der Waals surface area contributed by atoms with Crippen molar-refractivity contribution in [3.8, 4) is 5.75 Å². The summed E-state index contributed by atoms with van der Waals surface area (Å²) in [4.78, 5) is 62.8. The van der Waals surface area contributed by atoms with Gasteiger partial charge < -0.3 is 19.9 Å². The molecule has 4 aromatic rings.